The summed E-state index contributed by atoms with van der Waals surface area (Å²) in [4.78, 5) is 0. The molecule has 2 aliphatic rings. The van der Waals surface area contributed by atoms with Gasteiger partial charge in [0.15, 0.2) is 0 Å². The topological polar surface area (TPSA) is 14.8 Å². The van der Waals surface area contributed by atoms with E-state index in [2.05, 4.69) is 220 Å². The summed E-state index contributed by atoms with van der Waals surface area (Å²) in [5.41, 5.74) is 15.3. The van der Waals surface area contributed by atoms with E-state index in [1.165, 1.54) is 147 Å². The van der Waals surface area contributed by atoms with Crippen LogP contribution in [0.25, 0.3) is 136 Å². The molecule has 3 aromatic heterocycles. The second-order valence-corrected chi connectivity index (χ2v) is 18.7. The Morgan fingerprint density at radius 2 is 0.697 bits per heavy atom. The second-order valence-electron chi connectivity index (χ2n) is 18.7. The molecule has 0 radical (unpaired) electrons. The van der Waals surface area contributed by atoms with Crippen molar-refractivity contribution in [1.82, 2.24) is 13.7 Å². The first-order valence-electron chi connectivity index (χ1n) is 23.1. The van der Waals surface area contributed by atoms with Gasteiger partial charge >= 0.3 is 0 Å². The summed E-state index contributed by atoms with van der Waals surface area (Å²) in [5.74, 6) is 0. The molecule has 0 fully saturated rings. The number of hydrogen-bond acceptors (Lipinski definition) is 0. The van der Waals surface area contributed by atoms with Gasteiger partial charge in [-0.25, -0.2) is 0 Å². The Hall–Kier alpha value is -8.60. The quantitative estimate of drug-likeness (QED) is 0.146. The standard InChI is InChI=1S/C62H34BN3/c1-6-18-41-35(13-1)26-29-51-55(41)57-43-20-8-4-16-38(43)31-48-61(57)65(51)53-33-40(64-50-24-12-11-23-46(50)47-28-25-37-15-3-10-22-45(37)60(47)64)34-54-59(53)63(48)49-32-39-17-5-9-21-44(39)58-56-42-19-7-2-14-36(42)27-30-52(56)66(54)62(49)58/h1-34H. The van der Waals surface area contributed by atoms with E-state index in [9.17, 15) is 0 Å². The highest BCUT2D eigenvalue weighted by Crippen LogP contribution is 2.47. The third kappa shape index (κ3) is 3.93. The van der Waals surface area contributed by atoms with Gasteiger partial charge in [-0.3, -0.25) is 0 Å². The van der Waals surface area contributed by atoms with Gasteiger partial charge in [0.25, 0.3) is 6.71 Å². The van der Waals surface area contributed by atoms with Crippen LogP contribution in [0.15, 0.2) is 206 Å². The maximum absolute atomic E-state index is 2.66. The van der Waals surface area contributed by atoms with Crippen molar-refractivity contribution in [2.45, 2.75) is 0 Å². The molecule has 0 atom stereocenters. The van der Waals surface area contributed by atoms with Crippen LogP contribution in [0, 0.1) is 0 Å². The van der Waals surface area contributed by atoms with Crippen molar-refractivity contribution in [3.63, 3.8) is 0 Å². The average molecular weight is 832 g/mol. The highest BCUT2D eigenvalue weighted by Gasteiger charge is 2.42. The predicted octanol–water partition coefficient (Wildman–Crippen LogP) is 13.9. The van der Waals surface area contributed by atoms with Crippen molar-refractivity contribution in [3.05, 3.63) is 206 Å². The maximum Gasteiger partial charge on any atom is 0.252 e. The van der Waals surface area contributed by atoms with Crippen LogP contribution in [-0.2, 0) is 0 Å². The van der Waals surface area contributed by atoms with Crippen molar-refractivity contribution in [2.75, 3.05) is 0 Å². The largest absolute Gasteiger partial charge is 0.310 e. The maximum atomic E-state index is 2.66. The van der Waals surface area contributed by atoms with E-state index in [1.807, 2.05) is 0 Å². The SMILES string of the molecule is c1ccc2c(c1)ccc1c2c2c3ccccc3cc3c2n1-c1cc(-n2c4ccccc4c4ccc5ccccc5c42)cc2c1B3c1cc3ccccc3c3c4c5ccccc5ccc4n-2c13. The Morgan fingerprint density at radius 1 is 0.273 bits per heavy atom. The van der Waals surface area contributed by atoms with Crippen LogP contribution in [0.5, 0.6) is 0 Å². The van der Waals surface area contributed by atoms with Crippen molar-refractivity contribution < 1.29 is 0 Å². The number of hydrogen-bond donors (Lipinski definition) is 0. The molecule has 300 valence electrons. The minimum atomic E-state index is -0.0200. The fraction of sp³-hybridized carbons (Fsp3) is 0. The number of rotatable bonds is 1. The number of fused-ring (bicyclic) bond motifs is 23. The van der Waals surface area contributed by atoms with E-state index in [4.69, 9.17) is 0 Å². The van der Waals surface area contributed by atoms with Gasteiger partial charge in [0.1, 0.15) is 0 Å². The van der Waals surface area contributed by atoms with E-state index in [-0.39, 0.29) is 6.71 Å². The van der Waals surface area contributed by atoms with Crippen molar-refractivity contribution in [3.8, 4) is 17.1 Å². The molecule has 17 rings (SSSR count). The summed E-state index contributed by atoms with van der Waals surface area (Å²) in [6, 6.07) is 78.3. The van der Waals surface area contributed by atoms with Gasteiger partial charge in [0.05, 0.1) is 38.8 Å². The first-order chi connectivity index (χ1) is 32.8. The van der Waals surface area contributed by atoms with Gasteiger partial charge in [-0.15, -0.1) is 0 Å². The van der Waals surface area contributed by atoms with Gasteiger partial charge in [0, 0.05) is 49.1 Å². The zero-order chi connectivity index (χ0) is 42.5. The van der Waals surface area contributed by atoms with Crippen LogP contribution in [0.1, 0.15) is 0 Å². The molecule has 4 heteroatoms. The van der Waals surface area contributed by atoms with Crippen LogP contribution in [0.2, 0.25) is 0 Å². The molecule has 0 saturated heterocycles. The molecule has 2 aliphatic heterocycles. The Bertz CT molecular complexity index is 4550. The summed E-state index contributed by atoms with van der Waals surface area (Å²) < 4.78 is 7.89. The zero-order valence-electron chi connectivity index (χ0n) is 35.5. The fourth-order valence-electron chi connectivity index (χ4n) is 13.2. The van der Waals surface area contributed by atoms with Gasteiger partial charge < -0.3 is 13.7 Å². The molecular formula is C62H34BN3. The van der Waals surface area contributed by atoms with Crippen LogP contribution in [0.4, 0.5) is 0 Å². The molecule has 12 aromatic carbocycles. The summed E-state index contributed by atoms with van der Waals surface area (Å²) in [5, 5.41) is 20.6. The number of benzene rings is 12. The highest BCUT2D eigenvalue weighted by atomic mass is 15.1. The van der Waals surface area contributed by atoms with E-state index < -0.39 is 0 Å². The van der Waals surface area contributed by atoms with Crippen molar-refractivity contribution in [1.29, 1.82) is 0 Å². The monoisotopic (exact) mass is 831 g/mol. The van der Waals surface area contributed by atoms with Gasteiger partial charge in [-0.2, -0.15) is 0 Å². The minimum absolute atomic E-state index is 0.0200. The molecule has 0 bridgehead atoms. The molecule has 5 heterocycles. The third-order valence-electron chi connectivity index (χ3n) is 15.7. The van der Waals surface area contributed by atoms with Crippen LogP contribution in [0.3, 0.4) is 0 Å². The molecule has 0 spiro atoms. The lowest BCUT2D eigenvalue weighted by atomic mass is 9.34. The minimum Gasteiger partial charge on any atom is -0.310 e. The molecule has 0 unspecified atom stereocenters. The van der Waals surface area contributed by atoms with Crippen molar-refractivity contribution in [2.24, 2.45) is 0 Å². The molecule has 66 heavy (non-hydrogen) atoms. The van der Waals surface area contributed by atoms with Gasteiger partial charge in [0.2, 0.25) is 0 Å². The Labute approximate surface area is 377 Å². The Balaban J connectivity index is 1.16. The Kier molecular flexibility index (Phi) is 6.03. The molecule has 3 nitrogen and oxygen atoms in total. The normalized spacial score (nSPS) is 13.1. The third-order valence-corrected chi connectivity index (χ3v) is 15.7. The highest BCUT2D eigenvalue weighted by molar-refractivity contribution is 7.00. The molecule has 0 N–H and O–H groups in total. The lowest BCUT2D eigenvalue weighted by Crippen LogP contribution is -2.59. The summed E-state index contributed by atoms with van der Waals surface area (Å²) in [6.07, 6.45) is 0. The zero-order valence-corrected chi connectivity index (χ0v) is 35.5. The van der Waals surface area contributed by atoms with E-state index in [0.29, 0.717) is 0 Å². The summed E-state index contributed by atoms with van der Waals surface area (Å²) >= 11 is 0. The van der Waals surface area contributed by atoms with Crippen LogP contribution >= 0.6 is 0 Å². The smallest absolute Gasteiger partial charge is 0.252 e. The first kappa shape index (κ1) is 33.9. The Morgan fingerprint density at radius 3 is 1.24 bits per heavy atom. The van der Waals surface area contributed by atoms with E-state index in [0.717, 1.165) is 5.69 Å². The summed E-state index contributed by atoms with van der Waals surface area (Å²) in [7, 11) is 0. The average Bonchev–Trinajstić information content (AvgIpc) is 4.04. The number of aromatic nitrogens is 3. The van der Waals surface area contributed by atoms with E-state index in [1.54, 1.807) is 0 Å². The second kappa shape index (κ2) is 11.7. The molecular weight excluding hydrogens is 798 g/mol. The lowest BCUT2D eigenvalue weighted by molar-refractivity contribution is 1.11. The first-order valence-corrected chi connectivity index (χ1v) is 23.1. The molecule has 15 aromatic rings. The van der Waals surface area contributed by atoms with Gasteiger partial charge in [-0.1, -0.05) is 176 Å². The predicted molar refractivity (Wildman–Crippen MR) is 282 cm³/mol. The fourth-order valence-corrected chi connectivity index (χ4v) is 13.2. The van der Waals surface area contributed by atoms with Gasteiger partial charge in [-0.05, 0) is 95.2 Å². The summed E-state index contributed by atoms with van der Waals surface area (Å²) in [6.45, 7) is -0.0200. The number of para-hydroxylation sites is 1. The number of nitrogens with zero attached hydrogens (tertiary/aromatic N) is 3. The van der Waals surface area contributed by atoms with Crippen LogP contribution in [-0.4, -0.2) is 20.4 Å². The van der Waals surface area contributed by atoms with E-state index >= 15 is 0 Å². The van der Waals surface area contributed by atoms with Crippen LogP contribution < -0.4 is 16.4 Å². The lowest BCUT2D eigenvalue weighted by Gasteiger charge is -2.34. The molecule has 0 amide bonds. The molecule has 0 aliphatic carbocycles. The molecule has 0 saturated carbocycles. The van der Waals surface area contributed by atoms with Crippen molar-refractivity contribution >= 4 is 142 Å².